The predicted molar refractivity (Wildman–Crippen MR) is 85.0 cm³/mol. The molecule has 6 heteroatoms. The van der Waals surface area contributed by atoms with Gasteiger partial charge in [0.2, 0.25) is 0 Å². The zero-order valence-electron chi connectivity index (χ0n) is 14.3. The van der Waals surface area contributed by atoms with Crippen molar-refractivity contribution in [2.75, 3.05) is 13.1 Å². The standard InChI is InChI=1S/C15H29NO4Si/c1-14(2,3)19-13(18)16-8-11(10-17)12(9-16)20-21(7)15(4,5)6/h10-12,21H,8-9H2,1-7H3/t11-,12+,21?/m0/s1. The van der Waals surface area contributed by atoms with E-state index in [1.54, 1.807) is 4.90 Å². The fraction of sp³-hybridized carbons (Fsp3) is 0.867. The van der Waals surface area contributed by atoms with E-state index in [-0.39, 0.29) is 23.2 Å². The van der Waals surface area contributed by atoms with Gasteiger partial charge in [-0.1, -0.05) is 20.8 Å². The Labute approximate surface area is 129 Å². The Bertz CT molecular complexity index is 386. The van der Waals surface area contributed by atoms with Gasteiger partial charge in [-0.15, -0.1) is 0 Å². The van der Waals surface area contributed by atoms with Crippen molar-refractivity contribution < 1.29 is 18.8 Å². The molecule has 1 rings (SSSR count). The molecular formula is C15H29NO4Si. The molecule has 3 atom stereocenters. The second-order valence-corrected chi connectivity index (χ2v) is 11.2. The molecule has 0 aromatic carbocycles. The van der Waals surface area contributed by atoms with Crippen LogP contribution in [0.15, 0.2) is 0 Å². The molecule has 1 heterocycles. The van der Waals surface area contributed by atoms with Gasteiger partial charge in [-0.3, -0.25) is 0 Å². The predicted octanol–water partition coefficient (Wildman–Crippen LogP) is 2.59. The van der Waals surface area contributed by atoms with Crippen LogP contribution in [0, 0.1) is 5.92 Å². The molecule has 0 aromatic heterocycles. The molecule has 1 aliphatic rings. The van der Waals surface area contributed by atoms with Crippen LogP contribution in [0.2, 0.25) is 11.6 Å². The summed E-state index contributed by atoms with van der Waals surface area (Å²) in [6.45, 7) is 14.9. The molecule has 0 spiro atoms. The Balaban J connectivity index is 2.68. The first-order chi connectivity index (χ1) is 9.44. The third kappa shape index (κ3) is 5.43. The van der Waals surface area contributed by atoms with Crippen LogP contribution < -0.4 is 0 Å². The van der Waals surface area contributed by atoms with E-state index in [1.807, 2.05) is 20.8 Å². The average Bonchev–Trinajstić information content (AvgIpc) is 2.68. The maximum absolute atomic E-state index is 12.1. The van der Waals surface area contributed by atoms with Gasteiger partial charge in [0.25, 0.3) is 0 Å². The first-order valence-electron chi connectivity index (χ1n) is 7.52. The van der Waals surface area contributed by atoms with Gasteiger partial charge < -0.3 is 18.9 Å². The lowest BCUT2D eigenvalue weighted by atomic mass is 10.1. The Morgan fingerprint density at radius 3 is 2.19 bits per heavy atom. The highest BCUT2D eigenvalue weighted by molar-refractivity contribution is 6.53. The summed E-state index contributed by atoms with van der Waals surface area (Å²) in [5.41, 5.74) is -0.528. The van der Waals surface area contributed by atoms with E-state index in [0.29, 0.717) is 13.1 Å². The topological polar surface area (TPSA) is 55.8 Å². The lowest BCUT2D eigenvalue weighted by Gasteiger charge is -2.29. The lowest BCUT2D eigenvalue weighted by molar-refractivity contribution is -0.112. The lowest BCUT2D eigenvalue weighted by Crippen LogP contribution is -2.37. The molecule has 122 valence electrons. The summed E-state index contributed by atoms with van der Waals surface area (Å²) in [6, 6.07) is 0. The molecule has 1 saturated heterocycles. The highest BCUT2D eigenvalue weighted by Gasteiger charge is 2.39. The number of amides is 1. The molecule has 1 unspecified atom stereocenters. The largest absolute Gasteiger partial charge is 0.444 e. The highest BCUT2D eigenvalue weighted by Crippen LogP contribution is 2.30. The Hall–Kier alpha value is -0.883. The molecule has 1 fully saturated rings. The van der Waals surface area contributed by atoms with Crippen LogP contribution in [0.25, 0.3) is 0 Å². The SMILES string of the molecule is C[SiH](O[C@@H]1CN(C(=O)OC(C)(C)C)C[C@H]1C=O)C(C)(C)C. The molecule has 0 aromatic rings. The van der Waals surface area contributed by atoms with Crippen molar-refractivity contribution in [2.45, 2.75) is 64.8 Å². The molecule has 0 bridgehead atoms. The van der Waals surface area contributed by atoms with Gasteiger partial charge in [0, 0.05) is 13.1 Å². The number of hydrogen-bond donors (Lipinski definition) is 0. The summed E-state index contributed by atoms with van der Waals surface area (Å²) in [4.78, 5) is 24.9. The number of aldehydes is 1. The molecule has 5 nitrogen and oxygen atoms in total. The normalized spacial score (nSPS) is 24.8. The Morgan fingerprint density at radius 2 is 1.76 bits per heavy atom. The number of rotatable bonds is 3. The second-order valence-electron chi connectivity index (χ2n) is 7.87. The monoisotopic (exact) mass is 315 g/mol. The number of carbonyl (C=O) groups excluding carboxylic acids is 2. The number of nitrogens with zero attached hydrogens (tertiary/aromatic N) is 1. The van der Waals surface area contributed by atoms with Crippen molar-refractivity contribution in [1.82, 2.24) is 4.90 Å². The number of hydrogen-bond acceptors (Lipinski definition) is 4. The molecule has 1 aliphatic heterocycles. The third-order valence-electron chi connectivity index (χ3n) is 3.73. The average molecular weight is 315 g/mol. The van der Waals surface area contributed by atoms with Crippen LogP contribution in [0.5, 0.6) is 0 Å². The summed E-state index contributed by atoms with van der Waals surface area (Å²) < 4.78 is 11.5. The van der Waals surface area contributed by atoms with Gasteiger partial charge in [0.1, 0.15) is 11.9 Å². The van der Waals surface area contributed by atoms with E-state index >= 15 is 0 Å². The van der Waals surface area contributed by atoms with E-state index in [9.17, 15) is 9.59 Å². The zero-order valence-corrected chi connectivity index (χ0v) is 15.5. The number of carbonyl (C=O) groups is 2. The molecule has 1 amide bonds. The minimum absolute atomic E-state index is 0.132. The van der Waals surface area contributed by atoms with Gasteiger partial charge in [-0.2, -0.15) is 0 Å². The summed E-state index contributed by atoms with van der Waals surface area (Å²) in [6.07, 6.45) is 0.333. The van der Waals surface area contributed by atoms with Crippen molar-refractivity contribution in [3.8, 4) is 0 Å². The Morgan fingerprint density at radius 1 is 1.19 bits per heavy atom. The number of likely N-dealkylation sites (tertiary alicyclic amines) is 1. The van der Waals surface area contributed by atoms with Crippen LogP contribution in [0.3, 0.4) is 0 Å². The van der Waals surface area contributed by atoms with Crippen LogP contribution in [0.4, 0.5) is 4.79 Å². The Kier molecular flexibility index (Phi) is 5.61. The number of ether oxygens (including phenoxy) is 1. The maximum atomic E-state index is 12.1. The van der Waals surface area contributed by atoms with E-state index < -0.39 is 14.6 Å². The van der Waals surface area contributed by atoms with Crippen LogP contribution in [-0.4, -0.2) is 51.1 Å². The van der Waals surface area contributed by atoms with Gasteiger partial charge in [-0.05, 0) is 32.4 Å². The molecule has 0 N–H and O–H groups in total. The van der Waals surface area contributed by atoms with Crippen molar-refractivity contribution in [2.24, 2.45) is 5.92 Å². The van der Waals surface area contributed by atoms with E-state index in [0.717, 1.165) is 6.29 Å². The fourth-order valence-electron chi connectivity index (χ4n) is 2.02. The summed E-state index contributed by atoms with van der Waals surface area (Å²) in [5, 5.41) is 0.132. The van der Waals surface area contributed by atoms with Crippen LogP contribution in [-0.2, 0) is 14.0 Å². The van der Waals surface area contributed by atoms with Crippen LogP contribution >= 0.6 is 0 Å². The quantitative estimate of drug-likeness (QED) is 0.593. The van der Waals surface area contributed by atoms with Crippen molar-refractivity contribution in [3.05, 3.63) is 0 Å². The van der Waals surface area contributed by atoms with Crippen molar-refractivity contribution in [1.29, 1.82) is 0 Å². The summed E-state index contributed by atoms with van der Waals surface area (Å²) in [7, 11) is -1.43. The minimum atomic E-state index is -1.43. The third-order valence-corrected chi connectivity index (χ3v) is 6.93. The fourth-order valence-corrected chi connectivity index (χ4v) is 3.24. The first-order valence-corrected chi connectivity index (χ1v) is 9.73. The maximum Gasteiger partial charge on any atom is 0.410 e. The van der Waals surface area contributed by atoms with E-state index in [4.69, 9.17) is 9.16 Å². The molecule has 0 radical (unpaired) electrons. The smallest absolute Gasteiger partial charge is 0.410 e. The zero-order chi connectivity index (χ0) is 16.4. The van der Waals surface area contributed by atoms with Crippen molar-refractivity contribution >= 4 is 21.4 Å². The first kappa shape index (κ1) is 18.2. The van der Waals surface area contributed by atoms with Gasteiger partial charge in [0.05, 0.1) is 12.0 Å². The van der Waals surface area contributed by atoms with Gasteiger partial charge in [0.15, 0.2) is 9.04 Å². The molecular weight excluding hydrogens is 286 g/mol. The second kappa shape index (κ2) is 6.48. The van der Waals surface area contributed by atoms with E-state index in [1.165, 1.54) is 0 Å². The highest BCUT2D eigenvalue weighted by atomic mass is 28.3. The van der Waals surface area contributed by atoms with Gasteiger partial charge in [-0.25, -0.2) is 4.79 Å². The minimum Gasteiger partial charge on any atom is -0.444 e. The summed E-state index contributed by atoms with van der Waals surface area (Å²) in [5.74, 6) is -0.255. The summed E-state index contributed by atoms with van der Waals surface area (Å²) >= 11 is 0. The van der Waals surface area contributed by atoms with Gasteiger partial charge >= 0.3 is 6.09 Å². The molecule has 0 aliphatic carbocycles. The van der Waals surface area contributed by atoms with Crippen molar-refractivity contribution in [3.63, 3.8) is 0 Å². The molecule has 21 heavy (non-hydrogen) atoms. The van der Waals surface area contributed by atoms with E-state index in [2.05, 4.69) is 27.3 Å². The molecule has 0 saturated carbocycles. The van der Waals surface area contributed by atoms with Crippen LogP contribution in [0.1, 0.15) is 41.5 Å².